The van der Waals surface area contributed by atoms with E-state index < -0.39 is 16.1 Å². The third-order valence-corrected chi connectivity index (χ3v) is 8.14. The van der Waals surface area contributed by atoms with Crippen molar-refractivity contribution in [2.45, 2.75) is 63.8 Å². The fraction of sp³-hybridized carbons (Fsp3) is 0.609. The molecule has 34 heavy (non-hydrogen) atoms. The van der Waals surface area contributed by atoms with Gasteiger partial charge in [0.25, 0.3) is 0 Å². The third kappa shape index (κ3) is 6.21. The second-order valence-corrected chi connectivity index (χ2v) is 11.1. The van der Waals surface area contributed by atoms with Crippen LogP contribution in [-0.4, -0.2) is 82.5 Å². The Morgan fingerprint density at radius 3 is 2.68 bits per heavy atom. The van der Waals surface area contributed by atoms with E-state index in [-0.39, 0.29) is 42.5 Å². The Kier molecular flexibility index (Phi) is 8.80. The van der Waals surface area contributed by atoms with Crippen LogP contribution in [0.5, 0.6) is 0 Å². The highest BCUT2D eigenvalue weighted by Crippen LogP contribution is 2.21. The van der Waals surface area contributed by atoms with Gasteiger partial charge in [0.1, 0.15) is 0 Å². The van der Waals surface area contributed by atoms with E-state index in [9.17, 15) is 18.3 Å². The van der Waals surface area contributed by atoms with Gasteiger partial charge in [0.05, 0.1) is 42.1 Å². The van der Waals surface area contributed by atoms with Crippen LogP contribution in [0.3, 0.4) is 0 Å². The fourth-order valence-electron chi connectivity index (χ4n) is 3.99. The van der Waals surface area contributed by atoms with Crippen LogP contribution in [0, 0.1) is 12.8 Å². The molecule has 188 valence electrons. The Labute approximate surface area is 201 Å². The summed E-state index contributed by atoms with van der Waals surface area (Å²) in [4.78, 5) is 14.8. The summed E-state index contributed by atoms with van der Waals surface area (Å²) >= 11 is 0. The molecule has 0 unspecified atom stereocenters. The number of ether oxygens (including phenoxy) is 1. The predicted molar refractivity (Wildman–Crippen MR) is 126 cm³/mol. The highest BCUT2D eigenvalue weighted by Gasteiger charge is 2.31. The molecule has 1 aliphatic rings. The Morgan fingerprint density at radius 2 is 2.00 bits per heavy atom. The maximum Gasteiger partial charge on any atom is 0.242 e. The van der Waals surface area contributed by atoms with Gasteiger partial charge < -0.3 is 14.7 Å². The third-order valence-electron chi connectivity index (χ3n) is 6.31. The summed E-state index contributed by atoms with van der Waals surface area (Å²) < 4.78 is 35.6. The van der Waals surface area contributed by atoms with E-state index in [2.05, 4.69) is 10.3 Å². The van der Waals surface area contributed by atoms with E-state index in [0.717, 1.165) is 11.3 Å². The number of aliphatic hydroxyl groups excluding tert-OH is 1. The van der Waals surface area contributed by atoms with Gasteiger partial charge in [-0.2, -0.15) is 4.31 Å². The van der Waals surface area contributed by atoms with Crippen molar-refractivity contribution in [2.24, 2.45) is 5.92 Å². The molecule has 1 N–H and O–H groups in total. The predicted octanol–water partition coefficient (Wildman–Crippen LogP) is 1.43. The van der Waals surface area contributed by atoms with E-state index in [0.29, 0.717) is 25.9 Å². The van der Waals surface area contributed by atoms with Crippen molar-refractivity contribution in [2.75, 3.05) is 26.7 Å². The number of sulfonamides is 1. The monoisotopic (exact) mass is 493 g/mol. The van der Waals surface area contributed by atoms with Crippen LogP contribution in [0.4, 0.5) is 0 Å². The SMILES string of the molecule is Cc1ccc(S(=O)(=O)N(C)C[C@H]2OCc3cnnn3CCCC(=O)N([C@H](C)CO)C[C@H]2C)cc1. The summed E-state index contributed by atoms with van der Waals surface area (Å²) in [6.07, 6.45) is 2.04. The summed E-state index contributed by atoms with van der Waals surface area (Å²) in [5.41, 5.74) is 1.75. The van der Waals surface area contributed by atoms with E-state index in [1.54, 1.807) is 47.0 Å². The lowest BCUT2D eigenvalue weighted by molar-refractivity contribution is -0.136. The molecule has 1 aromatic heterocycles. The molecule has 2 aromatic rings. The van der Waals surface area contributed by atoms with Gasteiger partial charge >= 0.3 is 0 Å². The number of aliphatic hydroxyl groups is 1. The first-order valence-electron chi connectivity index (χ1n) is 11.6. The number of hydrogen-bond donors (Lipinski definition) is 1. The Balaban J connectivity index is 1.86. The molecule has 0 saturated heterocycles. The summed E-state index contributed by atoms with van der Waals surface area (Å²) in [5.74, 6) is -0.257. The average Bonchev–Trinajstić information content (AvgIpc) is 3.25. The number of aromatic nitrogens is 3. The standard InChI is InChI=1S/C23H35N5O5S/c1-17-7-9-21(10-8-17)34(31,32)26(4)14-22-18(2)13-27(19(3)15-29)23(30)6-5-11-28-20(16-33-22)12-24-25-28/h7-10,12,18-19,22,29H,5-6,11,13-16H2,1-4H3/t18-,19-,22-/m1/s1. The van der Waals surface area contributed by atoms with Gasteiger partial charge in [0, 0.05) is 39.0 Å². The van der Waals surface area contributed by atoms with Gasteiger partial charge in [-0.15, -0.1) is 5.10 Å². The second kappa shape index (κ2) is 11.4. The molecule has 10 nitrogen and oxygen atoms in total. The molecule has 0 fully saturated rings. The number of carbonyl (C=O) groups is 1. The summed E-state index contributed by atoms with van der Waals surface area (Å²) in [6, 6.07) is 6.38. The number of fused-ring (bicyclic) bond motifs is 1. The molecule has 3 rings (SSSR count). The molecule has 0 bridgehead atoms. The Morgan fingerprint density at radius 1 is 1.29 bits per heavy atom. The zero-order valence-corrected chi connectivity index (χ0v) is 21.1. The highest BCUT2D eigenvalue weighted by atomic mass is 32.2. The van der Waals surface area contributed by atoms with Crippen molar-refractivity contribution in [3.63, 3.8) is 0 Å². The molecule has 0 spiro atoms. The molecule has 1 aliphatic heterocycles. The minimum atomic E-state index is -3.72. The van der Waals surface area contributed by atoms with Gasteiger partial charge in [-0.3, -0.25) is 4.79 Å². The lowest BCUT2D eigenvalue weighted by atomic mass is 10.0. The van der Waals surface area contributed by atoms with E-state index in [4.69, 9.17) is 4.74 Å². The lowest BCUT2D eigenvalue weighted by Crippen LogP contribution is -2.47. The fourth-order valence-corrected chi connectivity index (χ4v) is 5.17. The number of hydrogen-bond acceptors (Lipinski definition) is 7. The average molecular weight is 494 g/mol. The van der Waals surface area contributed by atoms with Crippen LogP contribution in [0.15, 0.2) is 35.4 Å². The minimum absolute atomic E-state index is 0.0602. The Hall–Kier alpha value is -2.34. The molecule has 2 heterocycles. The number of rotatable bonds is 6. The summed E-state index contributed by atoms with van der Waals surface area (Å²) in [5, 5.41) is 17.8. The number of nitrogens with zero attached hydrogens (tertiary/aromatic N) is 5. The largest absolute Gasteiger partial charge is 0.394 e. The van der Waals surface area contributed by atoms with E-state index in [1.807, 2.05) is 13.8 Å². The van der Waals surface area contributed by atoms with Gasteiger partial charge in [-0.1, -0.05) is 29.8 Å². The van der Waals surface area contributed by atoms with Crippen LogP contribution in [-0.2, 0) is 32.7 Å². The van der Waals surface area contributed by atoms with Gasteiger partial charge in [-0.25, -0.2) is 13.1 Å². The maximum atomic E-state index is 13.2. The minimum Gasteiger partial charge on any atom is -0.394 e. The molecule has 0 radical (unpaired) electrons. The van der Waals surface area contributed by atoms with Crippen LogP contribution < -0.4 is 0 Å². The maximum absolute atomic E-state index is 13.2. The van der Waals surface area contributed by atoms with Gasteiger partial charge in [-0.05, 0) is 32.4 Å². The molecular formula is C23H35N5O5S. The highest BCUT2D eigenvalue weighted by molar-refractivity contribution is 7.89. The van der Waals surface area contributed by atoms with Crippen LogP contribution in [0.2, 0.25) is 0 Å². The van der Waals surface area contributed by atoms with Gasteiger partial charge in [0.15, 0.2) is 0 Å². The van der Waals surface area contributed by atoms with Crippen LogP contribution >= 0.6 is 0 Å². The first-order valence-corrected chi connectivity index (χ1v) is 13.0. The van der Waals surface area contributed by atoms with Crippen molar-refractivity contribution < 1.29 is 23.1 Å². The lowest BCUT2D eigenvalue weighted by Gasteiger charge is -2.35. The van der Waals surface area contributed by atoms with Crippen molar-refractivity contribution in [3.8, 4) is 0 Å². The quantitative estimate of drug-likeness (QED) is 0.647. The molecule has 0 saturated carbocycles. The van der Waals surface area contributed by atoms with Crippen molar-refractivity contribution in [1.29, 1.82) is 0 Å². The van der Waals surface area contributed by atoms with Crippen molar-refractivity contribution in [1.82, 2.24) is 24.2 Å². The van der Waals surface area contributed by atoms with Crippen LogP contribution in [0.25, 0.3) is 0 Å². The van der Waals surface area contributed by atoms with Crippen LogP contribution in [0.1, 0.15) is 37.9 Å². The number of benzene rings is 1. The molecular weight excluding hydrogens is 458 g/mol. The van der Waals surface area contributed by atoms with E-state index >= 15 is 0 Å². The molecule has 1 aromatic carbocycles. The smallest absolute Gasteiger partial charge is 0.242 e. The first-order chi connectivity index (χ1) is 16.1. The normalized spacial score (nSPS) is 21.6. The zero-order valence-electron chi connectivity index (χ0n) is 20.3. The number of amides is 1. The second-order valence-electron chi connectivity index (χ2n) is 9.06. The topological polar surface area (TPSA) is 118 Å². The first kappa shape index (κ1) is 26.3. The molecule has 1 amide bonds. The number of aryl methyl sites for hydroxylation is 2. The summed E-state index contributed by atoms with van der Waals surface area (Å²) in [7, 11) is -2.19. The molecule has 0 aliphatic carbocycles. The van der Waals surface area contributed by atoms with E-state index in [1.165, 1.54) is 11.4 Å². The molecule has 3 atom stereocenters. The number of likely N-dealkylation sites (N-methyl/N-ethyl adjacent to an activating group) is 1. The summed E-state index contributed by atoms with van der Waals surface area (Å²) in [6.45, 7) is 6.69. The van der Waals surface area contributed by atoms with Gasteiger partial charge in [0.2, 0.25) is 15.9 Å². The molecule has 11 heteroatoms. The van der Waals surface area contributed by atoms with Crippen molar-refractivity contribution in [3.05, 3.63) is 41.7 Å². The zero-order chi connectivity index (χ0) is 24.9. The number of carbonyl (C=O) groups excluding carboxylic acids is 1. The Bertz CT molecular complexity index is 1060. The van der Waals surface area contributed by atoms with Crippen molar-refractivity contribution >= 4 is 15.9 Å².